The van der Waals surface area contributed by atoms with E-state index < -0.39 is 29.5 Å². The standard InChI is InChI=1S/C33H37ClF6N8O2/c1-2-25-13-26(18-47(25)29-27(34)16-44-31(45-29)46-7-6-41-28(49)19-46)48(30-42-14-22(15-43-30)21-4-3-8-50-9-5-21)17-20-10-23(32(35,36)37)12-24(11-20)33(38,39)40/h10-12,14-16,21,25-26H,2-9,13,17-19H2,1H3,(H,41,49). The van der Waals surface area contributed by atoms with Crippen molar-refractivity contribution in [1.29, 1.82) is 0 Å². The van der Waals surface area contributed by atoms with Gasteiger partial charge in [0.05, 0.1) is 29.9 Å². The number of amides is 1. The highest BCUT2D eigenvalue weighted by Crippen LogP contribution is 2.39. The zero-order chi connectivity index (χ0) is 35.6. The molecular formula is C33H37ClF6N8O2. The van der Waals surface area contributed by atoms with Gasteiger partial charge < -0.3 is 24.8 Å². The van der Waals surface area contributed by atoms with Crippen LogP contribution in [-0.4, -0.2) is 77.3 Å². The number of benzene rings is 1. The van der Waals surface area contributed by atoms with Gasteiger partial charge in [-0.2, -0.15) is 31.3 Å². The number of carbonyl (C=O) groups excluding carboxylic acids is 1. The van der Waals surface area contributed by atoms with Crippen molar-refractivity contribution < 1.29 is 35.9 Å². The smallest absolute Gasteiger partial charge is 0.381 e. The van der Waals surface area contributed by atoms with Crippen LogP contribution in [0.4, 0.5) is 44.1 Å². The molecule has 1 aromatic carbocycles. The minimum Gasteiger partial charge on any atom is -0.381 e. The van der Waals surface area contributed by atoms with E-state index in [1.807, 2.05) is 11.8 Å². The highest BCUT2D eigenvalue weighted by Gasteiger charge is 2.40. The molecule has 0 aliphatic carbocycles. The monoisotopic (exact) mass is 726 g/mol. The summed E-state index contributed by atoms with van der Waals surface area (Å²) in [5, 5.41) is 3.03. The van der Waals surface area contributed by atoms with Gasteiger partial charge in [0, 0.05) is 57.8 Å². The van der Waals surface area contributed by atoms with E-state index in [4.69, 9.17) is 21.3 Å². The minimum atomic E-state index is -4.99. The first-order valence-corrected chi connectivity index (χ1v) is 16.9. The van der Waals surface area contributed by atoms with Gasteiger partial charge in [-0.25, -0.2) is 15.0 Å². The normalized spacial score (nSPS) is 22.0. The molecule has 0 spiro atoms. The second kappa shape index (κ2) is 14.7. The first kappa shape index (κ1) is 35.9. The van der Waals surface area contributed by atoms with Crippen LogP contribution in [0.1, 0.15) is 67.2 Å². The lowest BCUT2D eigenvalue weighted by Crippen LogP contribution is -2.48. The van der Waals surface area contributed by atoms with Crippen molar-refractivity contribution in [1.82, 2.24) is 25.3 Å². The van der Waals surface area contributed by atoms with Crippen LogP contribution in [0, 0.1) is 0 Å². The Hall–Kier alpha value is -3.92. The van der Waals surface area contributed by atoms with Gasteiger partial charge in [-0.3, -0.25) is 4.79 Å². The molecule has 5 heterocycles. The minimum absolute atomic E-state index is 0.0762. The Morgan fingerprint density at radius 3 is 2.38 bits per heavy atom. The number of rotatable bonds is 8. The lowest BCUT2D eigenvalue weighted by Gasteiger charge is -2.31. The second-order valence-electron chi connectivity index (χ2n) is 12.8. The molecule has 3 aliphatic rings. The molecule has 0 saturated carbocycles. The summed E-state index contributed by atoms with van der Waals surface area (Å²) in [4.78, 5) is 35.8. The van der Waals surface area contributed by atoms with Crippen LogP contribution in [0.25, 0.3) is 0 Å². The molecule has 0 radical (unpaired) electrons. The Kier molecular flexibility index (Phi) is 10.6. The molecule has 270 valence electrons. The summed E-state index contributed by atoms with van der Waals surface area (Å²) < 4.78 is 88.6. The van der Waals surface area contributed by atoms with Gasteiger partial charge in [0.25, 0.3) is 0 Å². The predicted octanol–water partition coefficient (Wildman–Crippen LogP) is 6.24. The number of ether oxygens (including phenoxy) is 1. The van der Waals surface area contributed by atoms with Gasteiger partial charge >= 0.3 is 12.4 Å². The zero-order valence-electron chi connectivity index (χ0n) is 27.3. The van der Waals surface area contributed by atoms with Gasteiger partial charge in [-0.05, 0) is 67.3 Å². The molecule has 17 heteroatoms. The maximum atomic E-state index is 13.8. The first-order valence-electron chi connectivity index (χ1n) is 16.6. The predicted molar refractivity (Wildman–Crippen MR) is 174 cm³/mol. The summed E-state index contributed by atoms with van der Waals surface area (Å²) in [6, 6.07) is 1.02. The van der Waals surface area contributed by atoms with Gasteiger partial charge in [-0.15, -0.1) is 0 Å². The number of piperazine rings is 1. The van der Waals surface area contributed by atoms with Crippen LogP contribution >= 0.6 is 11.6 Å². The van der Waals surface area contributed by atoms with Crippen molar-refractivity contribution in [2.24, 2.45) is 0 Å². The average molecular weight is 727 g/mol. The molecule has 1 amide bonds. The number of alkyl halides is 6. The van der Waals surface area contributed by atoms with Crippen LogP contribution < -0.4 is 20.0 Å². The van der Waals surface area contributed by atoms with Crippen molar-refractivity contribution in [3.8, 4) is 0 Å². The van der Waals surface area contributed by atoms with E-state index in [1.54, 1.807) is 22.2 Å². The molecule has 3 atom stereocenters. The topological polar surface area (TPSA) is 99.6 Å². The van der Waals surface area contributed by atoms with Crippen molar-refractivity contribution in [3.05, 3.63) is 64.1 Å². The highest BCUT2D eigenvalue weighted by molar-refractivity contribution is 6.32. The maximum Gasteiger partial charge on any atom is 0.416 e. The summed E-state index contributed by atoms with van der Waals surface area (Å²) >= 11 is 6.64. The van der Waals surface area contributed by atoms with Crippen LogP contribution in [0.5, 0.6) is 0 Å². The average Bonchev–Trinajstić information content (AvgIpc) is 3.31. The summed E-state index contributed by atoms with van der Waals surface area (Å²) in [5.41, 5.74) is -2.07. The van der Waals surface area contributed by atoms with E-state index in [1.165, 1.54) is 6.20 Å². The first-order chi connectivity index (χ1) is 23.8. The van der Waals surface area contributed by atoms with Crippen LogP contribution in [0.2, 0.25) is 5.02 Å². The van der Waals surface area contributed by atoms with Gasteiger partial charge in [-0.1, -0.05) is 18.5 Å². The fraction of sp³-hybridized carbons (Fsp3) is 0.545. The summed E-state index contributed by atoms with van der Waals surface area (Å²) in [6.07, 6.45) is -1.49. The van der Waals surface area contributed by atoms with E-state index in [9.17, 15) is 31.1 Å². The number of hydrogen-bond donors (Lipinski definition) is 1. The number of nitrogens with zero attached hydrogens (tertiary/aromatic N) is 7. The van der Waals surface area contributed by atoms with E-state index in [0.29, 0.717) is 50.9 Å². The lowest BCUT2D eigenvalue weighted by atomic mass is 9.94. The maximum absolute atomic E-state index is 13.8. The van der Waals surface area contributed by atoms with E-state index in [0.717, 1.165) is 37.0 Å². The van der Waals surface area contributed by atoms with E-state index >= 15 is 0 Å². The molecule has 3 saturated heterocycles. The van der Waals surface area contributed by atoms with Gasteiger partial charge in [0.1, 0.15) is 5.02 Å². The molecule has 0 bridgehead atoms. The third kappa shape index (κ3) is 8.17. The Morgan fingerprint density at radius 1 is 1.00 bits per heavy atom. The molecule has 1 N–H and O–H groups in total. The molecule has 3 unspecified atom stereocenters. The Balaban J connectivity index is 1.36. The fourth-order valence-corrected chi connectivity index (χ4v) is 7.07. The van der Waals surface area contributed by atoms with E-state index in [-0.39, 0.29) is 60.1 Å². The number of halogens is 7. The van der Waals surface area contributed by atoms with Gasteiger partial charge in [0.2, 0.25) is 17.8 Å². The molecule has 2 aromatic heterocycles. The molecule has 3 aliphatic heterocycles. The van der Waals surface area contributed by atoms with Crippen LogP contribution in [0.3, 0.4) is 0 Å². The van der Waals surface area contributed by atoms with Gasteiger partial charge in [0.15, 0.2) is 5.82 Å². The second-order valence-corrected chi connectivity index (χ2v) is 13.2. The number of nitrogens with one attached hydrogen (secondary N) is 1. The summed E-state index contributed by atoms with van der Waals surface area (Å²) in [7, 11) is 0. The Bertz CT molecular complexity index is 1620. The molecule has 3 aromatic rings. The third-order valence-electron chi connectivity index (χ3n) is 9.45. The molecule has 10 nitrogen and oxygen atoms in total. The quantitative estimate of drug-likeness (QED) is 0.271. The Labute approximate surface area is 290 Å². The lowest BCUT2D eigenvalue weighted by molar-refractivity contribution is -0.143. The van der Waals surface area contributed by atoms with Crippen LogP contribution in [-0.2, 0) is 28.4 Å². The van der Waals surface area contributed by atoms with Crippen molar-refractivity contribution in [2.75, 3.05) is 54.1 Å². The summed E-state index contributed by atoms with van der Waals surface area (Å²) in [6.45, 7) is 4.20. The SMILES string of the molecule is CCC1CC(N(Cc2cc(C(F)(F)F)cc(C(F)(F)F)c2)c2ncc(C3CCCOCC3)cn2)CN1c1nc(N2CCNC(=O)C2)ncc1Cl. The Morgan fingerprint density at radius 2 is 1.72 bits per heavy atom. The zero-order valence-corrected chi connectivity index (χ0v) is 28.0. The van der Waals surface area contributed by atoms with Crippen molar-refractivity contribution in [2.45, 2.75) is 75.9 Å². The molecule has 3 fully saturated rings. The van der Waals surface area contributed by atoms with E-state index in [2.05, 4.69) is 20.3 Å². The fourth-order valence-electron chi connectivity index (χ4n) is 6.87. The number of aromatic nitrogens is 4. The molecule has 6 rings (SSSR count). The van der Waals surface area contributed by atoms with Crippen molar-refractivity contribution in [3.63, 3.8) is 0 Å². The third-order valence-corrected chi connectivity index (χ3v) is 9.72. The number of hydrogen-bond acceptors (Lipinski definition) is 9. The largest absolute Gasteiger partial charge is 0.416 e. The molecule has 50 heavy (non-hydrogen) atoms. The number of carbonyl (C=O) groups is 1. The highest BCUT2D eigenvalue weighted by atomic mass is 35.5. The number of anilines is 3. The van der Waals surface area contributed by atoms with Crippen molar-refractivity contribution >= 4 is 35.2 Å². The summed E-state index contributed by atoms with van der Waals surface area (Å²) in [5.74, 6) is 0.925. The molecular weight excluding hydrogens is 690 g/mol. The van der Waals surface area contributed by atoms with Crippen LogP contribution in [0.15, 0.2) is 36.8 Å².